The van der Waals surface area contributed by atoms with Gasteiger partial charge in [-0.2, -0.15) is 0 Å². The molecule has 8 nitrogen and oxygen atoms in total. The minimum absolute atomic E-state index is 0.143. The van der Waals surface area contributed by atoms with E-state index in [0.717, 1.165) is 9.87 Å². The maximum absolute atomic E-state index is 12.5. The molecular weight excluding hydrogens is 388 g/mol. The van der Waals surface area contributed by atoms with Crippen LogP contribution in [0.2, 0.25) is 0 Å². The van der Waals surface area contributed by atoms with Crippen LogP contribution in [0.1, 0.15) is 11.1 Å². The quantitative estimate of drug-likeness (QED) is 0.704. The Morgan fingerprint density at radius 1 is 1.19 bits per heavy atom. The molecule has 0 amide bonds. The van der Waals surface area contributed by atoms with Gasteiger partial charge in [-0.3, -0.25) is 10.1 Å². The summed E-state index contributed by atoms with van der Waals surface area (Å²) in [7, 11) is -6.01. The van der Waals surface area contributed by atoms with Crippen molar-refractivity contribution in [3.05, 3.63) is 59.7 Å². The second-order valence-electron chi connectivity index (χ2n) is 6.75. The van der Waals surface area contributed by atoms with E-state index in [4.69, 9.17) is 5.41 Å². The first-order chi connectivity index (χ1) is 12.6. The Balaban J connectivity index is 1.67. The molecule has 1 fully saturated rings. The molecule has 1 atom stereocenters. The largest absolute Gasteiger partial charge is 0.345 e. The number of fused-ring (bicyclic) bond motifs is 2. The summed E-state index contributed by atoms with van der Waals surface area (Å²) in [6, 6.07) is 13.1. The van der Waals surface area contributed by atoms with Gasteiger partial charge >= 0.3 is 0 Å². The zero-order valence-corrected chi connectivity index (χ0v) is 16.1. The molecule has 2 aromatic rings. The SMILES string of the molecule is CN1C(=N)N[C@@]2(Cc3ccc(NS(=O)(=O)c4ccccc4)cc32)CS1(=O)=O. The number of hydrogen-bond acceptors (Lipinski definition) is 5. The number of nitrogens with zero attached hydrogens (tertiary/aromatic N) is 1. The Kier molecular flexibility index (Phi) is 3.76. The highest BCUT2D eigenvalue weighted by Gasteiger charge is 2.51. The molecule has 2 aliphatic rings. The Labute approximate surface area is 157 Å². The fraction of sp³-hybridized carbons (Fsp3) is 0.235. The predicted octanol–water partition coefficient (Wildman–Crippen LogP) is 1.04. The van der Waals surface area contributed by atoms with Crippen molar-refractivity contribution in [3.8, 4) is 0 Å². The van der Waals surface area contributed by atoms with E-state index in [1.807, 2.05) is 0 Å². The van der Waals surface area contributed by atoms with Crippen molar-refractivity contribution in [1.82, 2.24) is 9.62 Å². The van der Waals surface area contributed by atoms with Crippen LogP contribution in [0.5, 0.6) is 0 Å². The highest BCUT2D eigenvalue weighted by atomic mass is 32.2. The summed E-state index contributed by atoms with van der Waals surface area (Å²) in [5, 5.41) is 10.9. The zero-order chi connectivity index (χ0) is 19.4. The van der Waals surface area contributed by atoms with Crippen LogP contribution in [-0.4, -0.2) is 39.9 Å². The lowest BCUT2D eigenvalue weighted by Gasteiger charge is -2.49. The standard InChI is InChI=1S/C17H18N4O4S2/c1-21-16(18)19-17(11-26(21,22)23)10-12-7-8-13(9-15(12)17)20-27(24,25)14-5-3-2-4-6-14/h2-9,20H,10-11H2,1H3,(H2,18,19)/t17-/m0/s1. The van der Waals surface area contributed by atoms with E-state index in [9.17, 15) is 16.8 Å². The van der Waals surface area contributed by atoms with Crippen molar-refractivity contribution in [2.45, 2.75) is 16.9 Å². The van der Waals surface area contributed by atoms with E-state index in [-0.39, 0.29) is 16.6 Å². The monoisotopic (exact) mass is 406 g/mol. The zero-order valence-electron chi connectivity index (χ0n) is 14.4. The first-order valence-corrected chi connectivity index (χ1v) is 11.3. The van der Waals surface area contributed by atoms with E-state index >= 15 is 0 Å². The maximum Gasteiger partial charge on any atom is 0.261 e. The Hall–Kier alpha value is -2.59. The van der Waals surface area contributed by atoms with Gasteiger partial charge in [-0.05, 0) is 35.4 Å². The molecular formula is C17H18N4O4S2. The average Bonchev–Trinajstić information content (AvgIpc) is 2.60. The maximum atomic E-state index is 12.5. The van der Waals surface area contributed by atoms with Gasteiger partial charge in [0.05, 0.1) is 16.2 Å². The summed E-state index contributed by atoms with van der Waals surface area (Å²) in [6.45, 7) is 0. The van der Waals surface area contributed by atoms with Crippen molar-refractivity contribution >= 4 is 31.7 Å². The number of anilines is 1. The summed E-state index contributed by atoms with van der Waals surface area (Å²) in [5.74, 6) is -0.372. The van der Waals surface area contributed by atoms with Crippen LogP contribution in [0, 0.1) is 5.41 Å². The first-order valence-electron chi connectivity index (χ1n) is 8.18. The van der Waals surface area contributed by atoms with Gasteiger partial charge in [0.15, 0.2) is 0 Å². The molecule has 3 N–H and O–H groups in total. The van der Waals surface area contributed by atoms with Crippen LogP contribution in [0.25, 0.3) is 0 Å². The fourth-order valence-corrected chi connectivity index (χ4v) is 6.04. The molecule has 10 heteroatoms. The summed E-state index contributed by atoms with van der Waals surface area (Å²) >= 11 is 0. The van der Waals surface area contributed by atoms with Gasteiger partial charge in [0.2, 0.25) is 16.0 Å². The Morgan fingerprint density at radius 3 is 2.56 bits per heavy atom. The third-order valence-electron chi connectivity index (χ3n) is 4.94. The molecule has 0 saturated carbocycles. The smallest absolute Gasteiger partial charge is 0.261 e. The number of sulfonamides is 2. The van der Waals surface area contributed by atoms with E-state index in [1.54, 1.807) is 36.4 Å². The minimum atomic E-state index is -3.74. The van der Waals surface area contributed by atoms with Crippen molar-refractivity contribution < 1.29 is 16.8 Å². The number of rotatable bonds is 3. The lowest BCUT2D eigenvalue weighted by atomic mass is 9.71. The topological polar surface area (TPSA) is 119 Å². The van der Waals surface area contributed by atoms with E-state index in [0.29, 0.717) is 17.7 Å². The second kappa shape index (κ2) is 5.70. The molecule has 1 heterocycles. The Morgan fingerprint density at radius 2 is 1.89 bits per heavy atom. The van der Waals surface area contributed by atoms with Crippen LogP contribution < -0.4 is 10.0 Å². The van der Waals surface area contributed by atoms with E-state index in [1.165, 1.54) is 19.2 Å². The van der Waals surface area contributed by atoms with Gasteiger partial charge in [0.25, 0.3) is 10.0 Å². The number of hydrogen-bond donors (Lipinski definition) is 3. The number of guanidine groups is 1. The van der Waals surface area contributed by atoms with Crippen molar-refractivity contribution in [2.24, 2.45) is 0 Å². The molecule has 4 rings (SSSR count). The summed E-state index contributed by atoms with van der Waals surface area (Å²) in [4.78, 5) is 0.143. The summed E-state index contributed by atoms with van der Waals surface area (Å²) in [5.41, 5.74) is 1.07. The van der Waals surface area contributed by atoms with Crippen LogP contribution in [-0.2, 0) is 32.0 Å². The van der Waals surface area contributed by atoms with Gasteiger partial charge in [0, 0.05) is 19.2 Å². The normalized spacial score (nSPS) is 23.3. The summed E-state index contributed by atoms with van der Waals surface area (Å²) in [6.07, 6.45) is 0.462. The minimum Gasteiger partial charge on any atom is -0.345 e. The van der Waals surface area contributed by atoms with Crippen LogP contribution in [0.3, 0.4) is 0 Å². The van der Waals surface area contributed by atoms with Crippen LogP contribution >= 0.6 is 0 Å². The van der Waals surface area contributed by atoms with Gasteiger partial charge in [0.1, 0.15) is 0 Å². The number of benzene rings is 2. The van der Waals surface area contributed by atoms with Crippen molar-refractivity contribution in [1.29, 1.82) is 5.41 Å². The molecule has 2 aromatic carbocycles. The summed E-state index contributed by atoms with van der Waals surface area (Å²) < 4.78 is 53.2. The second-order valence-corrected chi connectivity index (χ2v) is 10.4. The van der Waals surface area contributed by atoms with E-state index in [2.05, 4.69) is 10.0 Å². The molecule has 1 aliphatic carbocycles. The van der Waals surface area contributed by atoms with Gasteiger partial charge in [-0.1, -0.05) is 24.3 Å². The predicted molar refractivity (Wildman–Crippen MR) is 101 cm³/mol. The van der Waals surface area contributed by atoms with Crippen molar-refractivity contribution in [3.63, 3.8) is 0 Å². The van der Waals surface area contributed by atoms with Crippen LogP contribution in [0.15, 0.2) is 53.4 Å². The number of nitrogens with one attached hydrogen (secondary N) is 3. The third kappa shape index (κ3) is 2.85. The molecule has 27 heavy (non-hydrogen) atoms. The molecule has 1 spiro atoms. The van der Waals surface area contributed by atoms with Crippen molar-refractivity contribution in [2.75, 3.05) is 17.5 Å². The lowest BCUT2D eigenvalue weighted by Crippen LogP contribution is -2.66. The molecule has 0 bridgehead atoms. The van der Waals surface area contributed by atoms with Gasteiger partial charge < -0.3 is 5.32 Å². The first kappa shape index (κ1) is 17.8. The Bertz CT molecular complexity index is 1150. The molecule has 1 saturated heterocycles. The van der Waals surface area contributed by atoms with E-state index < -0.39 is 25.6 Å². The highest BCUT2D eigenvalue weighted by molar-refractivity contribution is 7.92. The molecule has 0 radical (unpaired) electrons. The molecule has 1 aliphatic heterocycles. The van der Waals surface area contributed by atoms with Crippen LogP contribution in [0.4, 0.5) is 5.69 Å². The highest BCUT2D eigenvalue weighted by Crippen LogP contribution is 2.43. The fourth-order valence-electron chi connectivity index (χ4n) is 3.50. The molecule has 142 valence electrons. The molecule has 0 unspecified atom stereocenters. The average molecular weight is 406 g/mol. The third-order valence-corrected chi connectivity index (χ3v) is 8.21. The lowest BCUT2D eigenvalue weighted by molar-refractivity contribution is 0.343. The van der Waals surface area contributed by atoms with Gasteiger partial charge in [-0.25, -0.2) is 21.1 Å². The van der Waals surface area contributed by atoms with Gasteiger partial charge in [-0.15, -0.1) is 0 Å². The molecule has 0 aromatic heterocycles.